The molecule has 3 rings (SSSR count). The van der Waals surface area contributed by atoms with Gasteiger partial charge in [-0.05, 0) is 24.3 Å². The Morgan fingerprint density at radius 2 is 1.54 bits per heavy atom. The lowest BCUT2D eigenvalue weighted by Crippen LogP contribution is -2.51. The molecule has 1 heterocycles. The van der Waals surface area contributed by atoms with Gasteiger partial charge < -0.3 is 15.5 Å². The second-order valence-electron chi connectivity index (χ2n) is 6.61. The first kappa shape index (κ1) is 19.6. The van der Waals surface area contributed by atoms with E-state index in [9.17, 15) is 14.4 Å². The topological polar surface area (TPSA) is 81.8 Å². The third-order valence-electron chi connectivity index (χ3n) is 4.75. The predicted octanol–water partition coefficient (Wildman–Crippen LogP) is 1.44. The quantitative estimate of drug-likeness (QED) is 0.823. The fourth-order valence-corrected chi connectivity index (χ4v) is 3.12. The minimum atomic E-state index is -0.253. The molecule has 7 heteroatoms. The first-order valence-electron chi connectivity index (χ1n) is 9.26. The highest BCUT2D eigenvalue weighted by atomic mass is 16.2. The van der Waals surface area contributed by atoms with E-state index < -0.39 is 0 Å². The van der Waals surface area contributed by atoms with E-state index in [1.54, 1.807) is 60.5 Å². The highest BCUT2D eigenvalue weighted by Crippen LogP contribution is 2.19. The van der Waals surface area contributed by atoms with E-state index in [1.807, 2.05) is 11.0 Å². The first-order chi connectivity index (χ1) is 13.6. The van der Waals surface area contributed by atoms with Crippen LogP contribution in [-0.4, -0.2) is 67.3 Å². The van der Waals surface area contributed by atoms with Crippen LogP contribution in [0.25, 0.3) is 0 Å². The standard InChI is InChI=1S/C21H24N4O3/c1-22-19(26)15-24-11-13-25(14-12-24)21(28)17-9-5-6-10-18(17)23-20(27)16-7-3-2-4-8-16/h2-10H,11-15H2,1H3,(H,22,26)(H,23,27). The Kier molecular flexibility index (Phi) is 6.39. The van der Waals surface area contributed by atoms with Crippen LogP contribution in [0, 0.1) is 0 Å². The number of nitrogens with zero attached hydrogens (tertiary/aromatic N) is 2. The van der Waals surface area contributed by atoms with E-state index in [0.29, 0.717) is 49.5 Å². The Balaban J connectivity index is 1.66. The summed E-state index contributed by atoms with van der Waals surface area (Å²) < 4.78 is 0. The third-order valence-corrected chi connectivity index (χ3v) is 4.75. The number of rotatable bonds is 5. The molecule has 1 aliphatic heterocycles. The highest BCUT2D eigenvalue weighted by Gasteiger charge is 2.25. The lowest BCUT2D eigenvalue weighted by Gasteiger charge is -2.34. The lowest BCUT2D eigenvalue weighted by molar-refractivity contribution is -0.122. The zero-order chi connectivity index (χ0) is 19.9. The summed E-state index contributed by atoms with van der Waals surface area (Å²) in [4.78, 5) is 40.7. The molecule has 0 bridgehead atoms. The summed E-state index contributed by atoms with van der Waals surface area (Å²) in [6, 6.07) is 15.9. The molecule has 0 aliphatic carbocycles. The van der Waals surface area contributed by atoms with Crippen LogP contribution in [0.15, 0.2) is 54.6 Å². The van der Waals surface area contributed by atoms with E-state index in [2.05, 4.69) is 10.6 Å². The van der Waals surface area contributed by atoms with Gasteiger partial charge in [0.25, 0.3) is 11.8 Å². The first-order valence-corrected chi connectivity index (χ1v) is 9.26. The van der Waals surface area contributed by atoms with E-state index in [4.69, 9.17) is 0 Å². The van der Waals surface area contributed by atoms with E-state index >= 15 is 0 Å². The van der Waals surface area contributed by atoms with Crippen LogP contribution in [0.5, 0.6) is 0 Å². The van der Waals surface area contributed by atoms with Gasteiger partial charge in [0.2, 0.25) is 5.91 Å². The number of hydrogen-bond donors (Lipinski definition) is 2. The second-order valence-corrected chi connectivity index (χ2v) is 6.61. The molecular formula is C21H24N4O3. The molecular weight excluding hydrogens is 356 g/mol. The zero-order valence-electron chi connectivity index (χ0n) is 15.9. The Bertz CT molecular complexity index is 846. The van der Waals surface area contributed by atoms with Crippen molar-refractivity contribution in [2.75, 3.05) is 45.1 Å². The maximum absolute atomic E-state index is 13.0. The van der Waals surface area contributed by atoms with Crippen molar-refractivity contribution in [3.8, 4) is 0 Å². The minimum absolute atomic E-state index is 0.0336. The van der Waals surface area contributed by atoms with Gasteiger partial charge >= 0.3 is 0 Å². The van der Waals surface area contributed by atoms with Crippen molar-refractivity contribution >= 4 is 23.4 Å². The Morgan fingerprint density at radius 1 is 0.893 bits per heavy atom. The van der Waals surface area contributed by atoms with Crippen molar-refractivity contribution < 1.29 is 14.4 Å². The van der Waals surface area contributed by atoms with Crippen molar-refractivity contribution in [1.82, 2.24) is 15.1 Å². The molecule has 7 nitrogen and oxygen atoms in total. The Hall–Kier alpha value is -3.19. The summed E-state index contributed by atoms with van der Waals surface area (Å²) in [5.41, 5.74) is 1.49. The van der Waals surface area contributed by atoms with Crippen molar-refractivity contribution in [2.45, 2.75) is 0 Å². The molecule has 2 aromatic rings. The number of para-hydroxylation sites is 1. The summed E-state index contributed by atoms with van der Waals surface area (Å²) in [5.74, 6) is -0.409. The molecule has 0 radical (unpaired) electrons. The lowest BCUT2D eigenvalue weighted by atomic mass is 10.1. The Morgan fingerprint density at radius 3 is 2.21 bits per heavy atom. The summed E-state index contributed by atoms with van der Waals surface area (Å²) in [7, 11) is 1.61. The van der Waals surface area contributed by atoms with Crippen molar-refractivity contribution in [2.24, 2.45) is 0 Å². The molecule has 0 unspecified atom stereocenters. The average Bonchev–Trinajstić information content (AvgIpc) is 2.74. The van der Waals surface area contributed by atoms with Crippen LogP contribution in [0.4, 0.5) is 5.69 Å². The van der Waals surface area contributed by atoms with Crippen molar-refractivity contribution in [3.63, 3.8) is 0 Å². The fraction of sp³-hybridized carbons (Fsp3) is 0.286. The van der Waals surface area contributed by atoms with Gasteiger partial charge in [-0.2, -0.15) is 0 Å². The SMILES string of the molecule is CNC(=O)CN1CCN(C(=O)c2ccccc2NC(=O)c2ccccc2)CC1. The molecule has 0 atom stereocenters. The van der Waals surface area contributed by atoms with Gasteiger partial charge in [-0.3, -0.25) is 19.3 Å². The normalized spacial score (nSPS) is 14.4. The van der Waals surface area contributed by atoms with Crippen LogP contribution in [0.2, 0.25) is 0 Å². The van der Waals surface area contributed by atoms with Crippen molar-refractivity contribution in [3.05, 3.63) is 65.7 Å². The molecule has 3 amide bonds. The number of benzene rings is 2. The summed E-state index contributed by atoms with van der Waals surface area (Å²) >= 11 is 0. The number of nitrogens with one attached hydrogen (secondary N) is 2. The van der Waals surface area contributed by atoms with Gasteiger partial charge in [0.1, 0.15) is 0 Å². The molecule has 2 N–H and O–H groups in total. The Labute approximate surface area is 164 Å². The number of carbonyl (C=O) groups is 3. The van der Waals surface area contributed by atoms with E-state index in [1.165, 1.54) is 0 Å². The minimum Gasteiger partial charge on any atom is -0.358 e. The van der Waals surface area contributed by atoms with E-state index in [-0.39, 0.29) is 17.7 Å². The molecule has 0 saturated carbocycles. The molecule has 1 saturated heterocycles. The van der Waals surface area contributed by atoms with Gasteiger partial charge in [-0.1, -0.05) is 30.3 Å². The second kappa shape index (κ2) is 9.14. The summed E-state index contributed by atoms with van der Waals surface area (Å²) in [6.45, 7) is 2.69. The van der Waals surface area contributed by atoms with Crippen LogP contribution < -0.4 is 10.6 Å². The van der Waals surface area contributed by atoms with Gasteiger partial charge in [-0.25, -0.2) is 0 Å². The number of hydrogen-bond acceptors (Lipinski definition) is 4. The molecule has 1 fully saturated rings. The van der Waals surface area contributed by atoms with Gasteiger partial charge in [0.05, 0.1) is 17.8 Å². The number of piperazine rings is 1. The number of likely N-dealkylation sites (N-methyl/N-ethyl adjacent to an activating group) is 1. The number of carbonyl (C=O) groups excluding carboxylic acids is 3. The molecule has 28 heavy (non-hydrogen) atoms. The smallest absolute Gasteiger partial charge is 0.256 e. The molecule has 0 aromatic heterocycles. The maximum Gasteiger partial charge on any atom is 0.256 e. The fourth-order valence-electron chi connectivity index (χ4n) is 3.12. The number of anilines is 1. The number of amides is 3. The van der Waals surface area contributed by atoms with Crippen molar-refractivity contribution in [1.29, 1.82) is 0 Å². The molecule has 2 aromatic carbocycles. The third kappa shape index (κ3) is 4.75. The zero-order valence-corrected chi connectivity index (χ0v) is 15.9. The van der Waals surface area contributed by atoms with Crippen LogP contribution in [0.3, 0.4) is 0 Å². The van der Waals surface area contributed by atoms with Gasteiger partial charge in [0.15, 0.2) is 0 Å². The monoisotopic (exact) mass is 380 g/mol. The van der Waals surface area contributed by atoms with E-state index in [0.717, 1.165) is 0 Å². The van der Waals surface area contributed by atoms with Gasteiger partial charge in [-0.15, -0.1) is 0 Å². The summed E-state index contributed by atoms with van der Waals surface area (Å²) in [5, 5.41) is 5.45. The predicted molar refractivity (Wildman–Crippen MR) is 107 cm³/mol. The maximum atomic E-state index is 13.0. The highest BCUT2D eigenvalue weighted by molar-refractivity contribution is 6.09. The molecule has 1 aliphatic rings. The van der Waals surface area contributed by atoms with Gasteiger partial charge in [0, 0.05) is 38.8 Å². The largest absolute Gasteiger partial charge is 0.358 e. The molecule has 146 valence electrons. The van der Waals surface area contributed by atoms with Crippen LogP contribution in [0.1, 0.15) is 20.7 Å². The average molecular weight is 380 g/mol. The summed E-state index contributed by atoms with van der Waals surface area (Å²) in [6.07, 6.45) is 0. The van der Waals surface area contributed by atoms with Crippen LogP contribution in [-0.2, 0) is 4.79 Å². The molecule has 0 spiro atoms. The van der Waals surface area contributed by atoms with Crippen LogP contribution >= 0.6 is 0 Å².